The number of unbranched alkanes of at least 4 members (excludes halogenated alkanes) is 1. The molecular formula is C17H25N2O6P. The van der Waals surface area contributed by atoms with Crippen LogP contribution in [0.5, 0.6) is 0 Å². The van der Waals surface area contributed by atoms with Crippen molar-refractivity contribution in [3.05, 3.63) is 35.4 Å². The van der Waals surface area contributed by atoms with Crippen LogP contribution in [0.2, 0.25) is 0 Å². The first-order valence-corrected chi connectivity index (χ1v) is 10.4. The molecule has 2 rings (SSSR count). The quantitative estimate of drug-likeness (QED) is 0.390. The molecule has 1 fully saturated rings. The number of aromatic carboxylic acids is 1. The van der Waals surface area contributed by atoms with Gasteiger partial charge in [-0.2, -0.15) is 0 Å². The summed E-state index contributed by atoms with van der Waals surface area (Å²) >= 11 is 0. The Balaban J connectivity index is 2.17. The first-order chi connectivity index (χ1) is 12.2. The Bertz CT molecular complexity index is 708. The molecule has 0 aliphatic carbocycles. The summed E-state index contributed by atoms with van der Waals surface area (Å²) in [7, 11) is -3.85. The van der Waals surface area contributed by atoms with E-state index in [1.807, 2.05) is 4.90 Å². The van der Waals surface area contributed by atoms with Crippen LogP contribution in [0.15, 0.2) is 24.3 Å². The number of hydrogen-bond acceptors (Lipinski definition) is 5. The number of carboxylic acids is 2. The van der Waals surface area contributed by atoms with Crippen molar-refractivity contribution in [2.75, 3.05) is 25.8 Å². The topological polar surface area (TPSA) is 141 Å². The van der Waals surface area contributed by atoms with Crippen LogP contribution in [0.1, 0.15) is 35.2 Å². The van der Waals surface area contributed by atoms with Crippen molar-refractivity contribution in [1.82, 2.24) is 4.90 Å². The Kier molecular flexibility index (Phi) is 6.58. The van der Waals surface area contributed by atoms with Crippen LogP contribution in [0.25, 0.3) is 0 Å². The summed E-state index contributed by atoms with van der Waals surface area (Å²) < 4.78 is 12.7. The van der Waals surface area contributed by atoms with Crippen molar-refractivity contribution in [3.63, 3.8) is 0 Å². The molecule has 9 heteroatoms. The fraction of sp³-hybridized carbons (Fsp3) is 0.529. The van der Waals surface area contributed by atoms with E-state index in [9.17, 15) is 24.2 Å². The molecule has 0 radical (unpaired) electrons. The van der Waals surface area contributed by atoms with E-state index >= 15 is 0 Å². The van der Waals surface area contributed by atoms with Crippen LogP contribution in [-0.2, 0) is 15.9 Å². The molecule has 0 amide bonds. The van der Waals surface area contributed by atoms with E-state index in [0.717, 1.165) is 5.56 Å². The first kappa shape index (κ1) is 20.6. The smallest absolute Gasteiger partial charge is 0.335 e. The van der Waals surface area contributed by atoms with Gasteiger partial charge in [0.25, 0.3) is 0 Å². The molecule has 5 N–H and O–H groups in total. The van der Waals surface area contributed by atoms with Gasteiger partial charge in [0.15, 0.2) is 5.16 Å². The zero-order valence-corrected chi connectivity index (χ0v) is 15.4. The fourth-order valence-corrected chi connectivity index (χ4v) is 5.55. The lowest BCUT2D eigenvalue weighted by atomic mass is 9.99. The standard InChI is InChI=1S/C17H25N2O6P/c18-8-2-1-7-17(16(22)23)12-19(9-10-26(17,24)25)11-13-3-5-14(6-4-13)15(20)21/h3-6H,1-2,7-12,18H2,(H,20,21)(H,22,23)(H,24,25). The summed E-state index contributed by atoms with van der Waals surface area (Å²) in [6.07, 6.45) is 1.12. The Morgan fingerprint density at radius 1 is 1.19 bits per heavy atom. The molecule has 8 nitrogen and oxygen atoms in total. The Hall–Kier alpha value is -1.73. The van der Waals surface area contributed by atoms with Gasteiger partial charge in [0.2, 0.25) is 7.37 Å². The molecule has 1 aliphatic rings. The van der Waals surface area contributed by atoms with Gasteiger partial charge in [-0.05, 0) is 37.1 Å². The predicted molar refractivity (Wildman–Crippen MR) is 96.6 cm³/mol. The van der Waals surface area contributed by atoms with Crippen LogP contribution in [-0.4, -0.2) is 62.9 Å². The minimum atomic E-state index is -3.85. The zero-order valence-electron chi connectivity index (χ0n) is 14.5. The molecule has 1 aromatic rings. The first-order valence-electron chi connectivity index (χ1n) is 8.52. The van der Waals surface area contributed by atoms with Crippen molar-refractivity contribution >= 4 is 19.3 Å². The number of benzene rings is 1. The van der Waals surface area contributed by atoms with E-state index in [2.05, 4.69) is 0 Å². The van der Waals surface area contributed by atoms with Gasteiger partial charge in [0, 0.05) is 25.8 Å². The van der Waals surface area contributed by atoms with Crippen molar-refractivity contribution in [1.29, 1.82) is 0 Å². The summed E-state index contributed by atoms with van der Waals surface area (Å²) in [6.45, 7) is 1.11. The van der Waals surface area contributed by atoms with Gasteiger partial charge in [-0.25, -0.2) is 4.79 Å². The number of hydrogen-bond donors (Lipinski definition) is 4. The van der Waals surface area contributed by atoms with Gasteiger partial charge in [-0.15, -0.1) is 0 Å². The highest BCUT2D eigenvalue weighted by atomic mass is 31.2. The molecule has 2 atom stereocenters. The predicted octanol–water partition coefficient (Wildman–Crippen LogP) is 1.42. The average molecular weight is 384 g/mol. The highest BCUT2D eigenvalue weighted by molar-refractivity contribution is 7.61. The van der Waals surface area contributed by atoms with Gasteiger partial charge >= 0.3 is 11.9 Å². The van der Waals surface area contributed by atoms with Crippen LogP contribution in [0.3, 0.4) is 0 Å². The number of nitrogens with two attached hydrogens (primary N) is 1. The maximum absolute atomic E-state index is 12.7. The summed E-state index contributed by atoms with van der Waals surface area (Å²) in [5, 5.41) is 17.0. The molecule has 0 spiro atoms. The van der Waals surface area contributed by atoms with Crippen LogP contribution < -0.4 is 5.73 Å². The average Bonchev–Trinajstić information content (AvgIpc) is 2.58. The molecule has 26 heavy (non-hydrogen) atoms. The lowest BCUT2D eigenvalue weighted by Gasteiger charge is -2.43. The molecular weight excluding hydrogens is 359 g/mol. The molecule has 1 aliphatic heterocycles. The van der Waals surface area contributed by atoms with E-state index < -0.39 is 24.5 Å². The molecule has 1 saturated heterocycles. The molecule has 0 aromatic heterocycles. The lowest BCUT2D eigenvalue weighted by Crippen LogP contribution is -2.53. The largest absolute Gasteiger partial charge is 0.480 e. The third-order valence-electron chi connectivity index (χ3n) is 4.92. The van der Waals surface area contributed by atoms with Crippen molar-refractivity contribution in [2.24, 2.45) is 5.73 Å². The van der Waals surface area contributed by atoms with Crippen LogP contribution >= 0.6 is 7.37 Å². The van der Waals surface area contributed by atoms with Gasteiger partial charge in [0.05, 0.1) is 5.56 Å². The molecule has 0 bridgehead atoms. The maximum atomic E-state index is 12.7. The maximum Gasteiger partial charge on any atom is 0.335 e. The minimum absolute atomic E-state index is 0.0125. The summed E-state index contributed by atoms with van der Waals surface area (Å²) in [5.74, 6) is -2.26. The van der Waals surface area contributed by atoms with E-state index in [-0.39, 0.29) is 24.7 Å². The van der Waals surface area contributed by atoms with Crippen molar-refractivity contribution < 1.29 is 29.3 Å². The number of rotatable bonds is 8. The third kappa shape index (κ3) is 4.32. The third-order valence-corrected chi connectivity index (χ3v) is 7.62. The molecule has 144 valence electrons. The Labute approximate surface area is 152 Å². The molecule has 0 saturated carbocycles. The zero-order chi connectivity index (χ0) is 19.4. The summed E-state index contributed by atoms with van der Waals surface area (Å²) in [6, 6.07) is 6.33. The van der Waals surface area contributed by atoms with Crippen molar-refractivity contribution in [3.8, 4) is 0 Å². The van der Waals surface area contributed by atoms with Crippen LogP contribution in [0.4, 0.5) is 0 Å². The Morgan fingerprint density at radius 2 is 1.85 bits per heavy atom. The van der Waals surface area contributed by atoms with E-state index in [1.165, 1.54) is 12.1 Å². The number of aliphatic carboxylic acids is 1. The van der Waals surface area contributed by atoms with Gasteiger partial charge in [-0.3, -0.25) is 14.3 Å². The van der Waals surface area contributed by atoms with E-state index in [1.54, 1.807) is 12.1 Å². The normalized spacial score (nSPS) is 26.5. The van der Waals surface area contributed by atoms with Gasteiger partial charge in [-0.1, -0.05) is 18.6 Å². The lowest BCUT2D eigenvalue weighted by molar-refractivity contribution is -0.141. The summed E-state index contributed by atoms with van der Waals surface area (Å²) in [5.41, 5.74) is 6.46. The second kappa shape index (κ2) is 8.31. The second-order valence-corrected chi connectivity index (χ2v) is 9.43. The van der Waals surface area contributed by atoms with E-state index in [0.29, 0.717) is 32.5 Å². The highest BCUT2D eigenvalue weighted by Gasteiger charge is 2.56. The molecule has 1 heterocycles. The second-order valence-electron chi connectivity index (χ2n) is 6.72. The molecule has 1 aromatic carbocycles. The number of nitrogens with zero attached hydrogens (tertiary/aromatic N) is 1. The number of carboxylic acid groups (broad SMARTS) is 2. The van der Waals surface area contributed by atoms with Gasteiger partial charge in [0.1, 0.15) is 0 Å². The van der Waals surface area contributed by atoms with Crippen LogP contribution in [0, 0.1) is 0 Å². The van der Waals surface area contributed by atoms with Crippen molar-refractivity contribution in [2.45, 2.75) is 31.0 Å². The van der Waals surface area contributed by atoms with E-state index in [4.69, 9.17) is 10.8 Å². The molecule has 2 unspecified atom stereocenters. The Morgan fingerprint density at radius 3 is 2.38 bits per heavy atom. The monoisotopic (exact) mass is 384 g/mol. The highest BCUT2D eigenvalue weighted by Crippen LogP contribution is 2.59. The van der Waals surface area contributed by atoms with Gasteiger partial charge < -0.3 is 20.8 Å². The fourth-order valence-electron chi connectivity index (χ4n) is 3.34. The number of carbonyl (C=O) groups is 2. The SMILES string of the molecule is NCCCCC1(C(=O)O)CN(Cc2ccc(C(=O)O)cc2)CCP1(=O)O. The summed E-state index contributed by atoms with van der Waals surface area (Å²) in [4.78, 5) is 35.1. The minimum Gasteiger partial charge on any atom is -0.480 e.